The van der Waals surface area contributed by atoms with Crippen molar-refractivity contribution in [3.8, 4) is 23.7 Å². The molecule has 0 heterocycles. The standard InChI is InChI=1S/C35H45NO9/c37-30(44-22-28-24-9-5-1-2-6-10-25(24)28)21-34(13-14-34)31(38)42-19-17-41-18-20-43-32(39)35(15-16-35)36-33(40)45-23-29-26-11-7-3-4-8-12-27(26)29/h24-29H,5-23H2,(H,36,40)/t24-,25+,26-,27+,28?,29?. The number of fused-ring (bicyclic) bond motifs is 2. The molecule has 0 spiro atoms. The quantitative estimate of drug-likeness (QED) is 0.125. The number of rotatable bonds is 15. The van der Waals surface area contributed by atoms with Gasteiger partial charge in [-0.15, -0.1) is 23.7 Å². The van der Waals surface area contributed by atoms with Gasteiger partial charge in [0, 0.05) is 25.7 Å². The average molecular weight is 624 g/mol. The molecule has 244 valence electrons. The van der Waals surface area contributed by atoms with E-state index in [1.165, 1.54) is 0 Å². The second-order valence-corrected chi connectivity index (χ2v) is 13.7. The second-order valence-electron chi connectivity index (χ2n) is 13.7. The maximum absolute atomic E-state index is 12.6. The van der Waals surface area contributed by atoms with Gasteiger partial charge in [-0.05, 0) is 86.9 Å². The molecule has 6 aliphatic carbocycles. The summed E-state index contributed by atoms with van der Waals surface area (Å²) in [7, 11) is 0. The largest absolute Gasteiger partial charge is 0.465 e. The molecular weight excluding hydrogens is 578 g/mol. The first-order chi connectivity index (χ1) is 21.9. The molecule has 6 aliphatic rings. The maximum atomic E-state index is 12.6. The van der Waals surface area contributed by atoms with Gasteiger partial charge in [-0.1, -0.05) is 0 Å². The lowest BCUT2D eigenvalue weighted by Gasteiger charge is -2.16. The molecule has 0 aliphatic heterocycles. The third kappa shape index (κ3) is 8.14. The Labute approximate surface area is 265 Å². The molecule has 0 saturated heterocycles. The van der Waals surface area contributed by atoms with Crippen LogP contribution in [-0.2, 0) is 38.1 Å². The lowest BCUT2D eigenvalue weighted by molar-refractivity contribution is -0.158. The molecule has 0 bridgehead atoms. The smallest absolute Gasteiger partial charge is 0.408 e. The van der Waals surface area contributed by atoms with Crippen LogP contribution in [0.4, 0.5) is 4.79 Å². The van der Waals surface area contributed by atoms with Crippen molar-refractivity contribution in [3.05, 3.63) is 0 Å². The summed E-state index contributed by atoms with van der Waals surface area (Å²) < 4.78 is 27.2. The Kier molecular flexibility index (Phi) is 9.90. The third-order valence-electron chi connectivity index (χ3n) is 10.7. The minimum atomic E-state index is -1.02. The van der Waals surface area contributed by atoms with Crippen LogP contribution in [-0.4, -0.2) is 69.2 Å². The van der Waals surface area contributed by atoms with Gasteiger partial charge in [0.15, 0.2) is 0 Å². The highest BCUT2D eigenvalue weighted by molar-refractivity contribution is 5.89. The number of ether oxygens (including phenoxy) is 5. The molecule has 1 amide bonds. The minimum absolute atomic E-state index is 0.0181. The van der Waals surface area contributed by atoms with E-state index in [9.17, 15) is 19.2 Å². The van der Waals surface area contributed by atoms with Crippen molar-refractivity contribution in [2.24, 2.45) is 40.9 Å². The Morgan fingerprint density at radius 2 is 1.09 bits per heavy atom. The summed E-state index contributed by atoms with van der Waals surface area (Å²) in [5.74, 6) is 14.7. The molecule has 4 saturated carbocycles. The fourth-order valence-corrected chi connectivity index (χ4v) is 7.37. The summed E-state index contributed by atoms with van der Waals surface area (Å²) in [6.45, 7) is 1.13. The van der Waals surface area contributed by atoms with E-state index in [1.807, 2.05) is 0 Å². The van der Waals surface area contributed by atoms with Crippen LogP contribution >= 0.6 is 0 Å². The predicted molar refractivity (Wildman–Crippen MR) is 160 cm³/mol. The minimum Gasteiger partial charge on any atom is -0.465 e. The van der Waals surface area contributed by atoms with Crippen LogP contribution in [0.15, 0.2) is 0 Å². The number of alkyl carbamates (subject to hydrolysis) is 1. The lowest BCUT2D eigenvalue weighted by atomic mass is 10.0. The fourth-order valence-electron chi connectivity index (χ4n) is 7.37. The number of carbonyl (C=O) groups excluding carboxylic acids is 4. The van der Waals surface area contributed by atoms with Crippen LogP contribution in [0.2, 0.25) is 0 Å². The van der Waals surface area contributed by atoms with Crippen molar-refractivity contribution in [2.45, 2.75) is 89.0 Å². The van der Waals surface area contributed by atoms with Gasteiger partial charge < -0.3 is 29.0 Å². The van der Waals surface area contributed by atoms with E-state index in [0.29, 0.717) is 74.4 Å². The lowest BCUT2D eigenvalue weighted by Crippen LogP contribution is -2.44. The van der Waals surface area contributed by atoms with Crippen LogP contribution in [0.25, 0.3) is 0 Å². The first-order valence-corrected chi connectivity index (χ1v) is 16.9. The zero-order valence-electron chi connectivity index (χ0n) is 26.1. The summed E-state index contributed by atoms with van der Waals surface area (Å²) in [5.41, 5.74) is -1.79. The SMILES string of the molecule is O=C(CC1(C(=O)OCCOCCOC(=O)C2(NC(=O)OCC3[C@H]4CCC#CCC[C@@H]34)CC2)CC1)OCC1[C@H]2CCC#CCC[C@@H]12. The highest BCUT2D eigenvalue weighted by Gasteiger charge is 2.55. The highest BCUT2D eigenvalue weighted by atomic mass is 16.6. The molecule has 4 fully saturated rings. The van der Waals surface area contributed by atoms with Gasteiger partial charge in [0.1, 0.15) is 18.8 Å². The number of nitrogens with one attached hydrogen (secondary N) is 1. The molecule has 6 atom stereocenters. The Morgan fingerprint density at radius 1 is 0.600 bits per heavy atom. The summed E-state index contributed by atoms with van der Waals surface area (Å²) in [4.78, 5) is 50.1. The van der Waals surface area contributed by atoms with E-state index < -0.39 is 29.0 Å². The van der Waals surface area contributed by atoms with Crippen LogP contribution < -0.4 is 5.32 Å². The van der Waals surface area contributed by atoms with E-state index in [0.717, 1.165) is 51.4 Å². The molecule has 6 rings (SSSR count). The fraction of sp³-hybridized carbons (Fsp3) is 0.771. The van der Waals surface area contributed by atoms with Gasteiger partial charge >= 0.3 is 24.0 Å². The number of amides is 1. The summed E-state index contributed by atoms with van der Waals surface area (Å²) in [5, 5.41) is 2.70. The molecule has 0 aromatic carbocycles. The molecular formula is C35H45NO9. The number of carbonyl (C=O) groups is 4. The zero-order chi connectivity index (χ0) is 31.3. The van der Waals surface area contributed by atoms with Crippen molar-refractivity contribution < 1.29 is 42.9 Å². The molecule has 1 N–H and O–H groups in total. The van der Waals surface area contributed by atoms with Crippen molar-refractivity contribution in [2.75, 3.05) is 39.6 Å². The van der Waals surface area contributed by atoms with Crippen molar-refractivity contribution in [1.82, 2.24) is 5.32 Å². The Bertz CT molecular complexity index is 1130. The van der Waals surface area contributed by atoms with E-state index in [1.54, 1.807) is 0 Å². The number of hydrogen-bond acceptors (Lipinski definition) is 9. The van der Waals surface area contributed by atoms with E-state index in [-0.39, 0.29) is 38.8 Å². The van der Waals surface area contributed by atoms with Crippen LogP contribution in [0, 0.1) is 64.6 Å². The molecule has 0 radical (unpaired) electrons. The number of esters is 3. The normalized spacial score (nSPS) is 30.6. The van der Waals surface area contributed by atoms with E-state index in [2.05, 4.69) is 29.0 Å². The van der Waals surface area contributed by atoms with Crippen LogP contribution in [0.1, 0.15) is 83.5 Å². The van der Waals surface area contributed by atoms with Gasteiger partial charge in [0.05, 0.1) is 38.3 Å². The second kappa shape index (κ2) is 14.0. The Balaban J connectivity index is 0.787. The molecule has 10 heteroatoms. The number of hydrogen-bond donors (Lipinski definition) is 1. The van der Waals surface area contributed by atoms with Crippen LogP contribution in [0.3, 0.4) is 0 Å². The van der Waals surface area contributed by atoms with Gasteiger partial charge in [0.2, 0.25) is 0 Å². The third-order valence-corrected chi connectivity index (χ3v) is 10.7. The molecule has 2 unspecified atom stereocenters. The Hall–Kier alpha value is -3.24. The topological polar surface area (TPSA) is 126 Å². The van der Waals surface area contributed by atoms with E-state index in [4.69, 9.17) is 23.7 Å². The van der Waals surface area contributed by atoms with Crippen molar-refractivity contribution >= 4 is 24.0 Å². The molecule has 0 aromatic rings. The van der Waals surface area contributed by atoms with Gasteiger partial charge in [0.25, 0.3) is 0 Å². The van der Waals surface area contributed by atoms with Crippen molar-refractivity contribution in [3.63, 3.8) is 0 Å². The van der Waals surface area contributed by atoms with Crippen molar-refractivity contribution in [1.29, 1.82) is 0 Å². The highest BCUT2D eigenvalue weighted by Crippen LogP contribution is 2.54. The zero-order valence-corrected chi connectivity index (χ0v) is 26.1. The first-order valence-electron chi connectivity index (χ1n) is 16.9. The molecule has 0 aromatic heterocycles. The average Bonchev–Trinajstić information content (AvgIpc) is 3.84. The van der Waals surface area contributed by atoms with Crippen LogP contribution in [0.5, 0.6) is 0 Å². The first kappa shape index (κ1) is 31.7. The van der Waals surface area contributed by atoms with Gasteiger partial charge in [-0.3, -0.25) is 9.59 Å². The predicted octanol–water partition coefficient (Wildman–Crippen LogP) is 3.94. The van der Waals surface area contributed by atoms with Gasteiger partial charge in [-0.25, -0.2) is 9.59 Å². The summed E-state index contributed by atoms with van der Waals surface area (Å²) in [6, 6.07) is 0. The van der Waals surface area contributed by atoms with E-state index >= 15 is 0 Å². The maximum Gasteiger partial charge on any atom is 0.408 e. The molecule has 10 nitrogen and oxygen atoms in total. The summed E-state index contributed by atoms with van der Waals surface area (Å²) in [6.07, 6.45) is 9.65. The molecule has 45 heavy (non-hydrogen) atoms. The van der Waals surface area contributed by atoms with Gasteiger partial charge in [-0.2, -0.15) is 0 Å². The Morgan fingerprint density at radius 3 is 1.58 bits per heavy atom. The summed E-state index contributed by atoms with van der Waals surface area (Å²) >= 11 is 0. The monoisotopic (exact) mass is 623 g/mol.